The number of hydrogen-bond donors (Lipinski definition) is 0. The Hall–Kier alpha value is -3.98. The number of carbonyl (C=O) groups is 1. The summed E-state index contributed by atoms with van der Waals surface area (Å²) in [7, 11) is -3.43. The summed E-state index contributed by atoms with van der Waals surface area (Å²) >= 11 is 0. The van der Waals surface area contributed by atoms with Crippen LogP contribution in [0.25, 0.3) is 22.8 Å². The van der Waals surface area contributed by atoms with Gasteiger partial charge in [0.15, 0.2) is 16.4 Å². The number of ether oxygens (including phenoxy) is 1. The number of likely N-dealkylation sites (N-methyl/N-ethyl adjacent to an activating group) is 1. The summed E-state index contributed by atoms with van der Waals surface area (Å²) in [4.78, 5) is 18.6. The number of rotatable bonds is 6. The molecule has 1 aromatic heterocycles. The number of sulfone groups is 1. The summed E-state index contributed by atoms with van der Waals surface area (Å²) in [5.41, 5.74) is 2.69. The number of hydrogen-bond acceptors (Lipinski definition) is 7. The van der Waals surface area contributed by atoms with Gasteiger partial charge >= 0.3 is 0 Å². The quantitative estimate of drug-likeness (QED) is 0.413. The summed E-state index contributed by atoms with van der Waals surface area (Å²) in [5.74, 6) is 1.12. The number of anilines is 1. The maximum absolute atomic E-state index is 12.6. The van der Waals surface area contributed by atoms with Gasteiger partial charge in [-0.15, -0.1) is 0 Å². The van der Waals surface area contributed by atoms with Crippen molar-refractivity contribution < 1.29 is 22.5 Å². The fourth-order valence-corrected chi connectivity index (χ4v) is 5.19. The standard InChI is InChI=1S/C25H21N3O5S/c1-2-28-21-14-19(12-13-22(21)32-15-23(28)29)24-26-25(33-27-24)18-10-8-17(9-11-18)16-34(30,31)20-6-4-3-5-7-20/h3-14H,2,15-16H2,1H3. The Morgan fingerprint density at radius 3 is 2.44 bits per heavy atom. The highest BCUT2D eigenvalue weighted by Gasteiger charge is 2.25. The normalized spacial score (nSPS) is 13.4. The molecule has 172 valence electrons. The molecule has 2 heterocycles. The molecular weight excluding hydrogens is 454 g/mol. The fraction of sp³-hybridized carbons (Fsp3) is 0.160. The average Bonchev–Trinajstić information content (AvgIpc) is 3.35. The molecule has 9 heteroatoms. The van der Waals surface area contributed by atoms with Crippen LogP contribution in [0.3, 0.4) is 0 Å². The smallest absolute Gasteiger partial charge is 0.265 e. The zero-order chi connectivity index (χ0) is 23.7. The minimum absolute atomic E-state index is 0.0230. The van der Waals surface area contributed by atoms with E-state index < -0.39 is 9.84 Å². The lowest BCUT2D eigenvalue weighted by atomic mass is 10.1. The summed E-state index contributed by atoms with van der Waals surface area (Å²) in [6.07, 6.45) is 0. The second-order valence-electron chi connectivity index (χ2n) is 7.80. The molecule has 1 aliphatic heterocycles. The second kappa shape index (κ2) is 8.75. The topological polar surface area (TPSA) is 103 Å². The highest BCUT2D eigenvalue weighted by molar-refractivity contribution is 7.90. The van der Waals surface area contributed by atoms with Gasteiger partial charge in [0.2, 0.25) is 5.82 Å². The van der Waals surface area contributed by atoms with Crippen molar-refractivity contribution in [3.05, 3.63) is 78.4 Å². The first-order chi connectivity index (χ1) is 16.4. The summed E-state index contributed by atoms with van der Waals surface area (Å²) < 4.78 is 36.2. The largest absolute Gasteiger partial charge is 0.482 e. The van der Waals surface area contributed by atoms with Gasteiger partial charge in [-0.3, -0.25) is 4.79 Å². The highest BCUT2D eigenvalue weighted by atomic mass is 32.2. The van der Waals surface area contributed by atoms with E-state index in [1.54, 1.807) is 65.6 Å². The number of benzene rings is 3. The van der Waals surface area contributed by atoms with Crippen molar-refractivity contribution in [3.8, 4) is 28.6 Å². The Labute approximate surface area is 196 Å². The molecule has 1 amide bonds. The zero-order valence-electron chi connectivity index (χ0n) is 18.3. The van der Waals surface area contributed by atoms with Gasteiger partial charge in [-0.1, -0.05) is 35.5 Å². The van der Waals surface area contributed by atoms with E-state index in [0.717, 1.165) is 0 Å². The van der Waals surface area contributed by atoms with Crippen LogP contribution in [-0.2, 0) is 20.4 Å². The van der Waals surface area contributed by atoms with Gasteiger partial charge in [-0.2, -0.15) is 4.98 Å². The van der Waals surface area contributed by atoms with E-state index in [1.165, 1.54) is 0 Å². The lowest BCUT2D eigenvalue weighted by Crippen LogP contribution is -2.38. The first kappa shape index (κ1) is 21.8. The molecular formula is C25H21N3O5S. The summed E-state index contributed by atoms with van der Waals surface area (Å²) in [6.45, 7) is 2.46. The molecule has 8 nitrogen and oxygen atoms in total. The van der Waals surface area contributed by atoms with Gasteiger partial charge in [-0.05, 0) is 55.0 Å². The molecule has 0 fully saturated rings. The highest BCUT2D eigenvalue weighted by Crippen LogP contribution is 2.35. The van der Waals surface area contributed by atoms with Crippen molar-refractivity contribution in [2.75, 3.05) is 18.1 Å². The number of nitrogens with zero attached hydrogens (tertiary/aromatic N) is 3. The van der Waals surface area contributed by atoms with E-state index in [0.29, 0.717) is 51.3 Å². The maximum atomic E-state index is 12.6. The van der Waals surface area contributed by atoms with E-state index in [4.69, 9.17) is 9.26 Å². The van der Waals surface area contributed by atoms with E-state index in [2.05, 4.69) is 10.1 Å². The monoisotopic (exact) mass is 475 g/mol. The van der Waals surface area contributed by atoms with Crippen molar-refractivity contribution in [2.45, 2.75) is 17.6 Å². The molecule has 0 atom stereocenters. The average molecular weight is 476 g/mol. The SMILES string of the molecule is CCN1C(=O)COc2ccc(-c3noc(-c4ccc(CS(=O)(=O)c5ccccc5)cc4)n3)cc21. The number of carbonyl (C=O) groups excluding carboxylic acids is 1. The van der Waals surface area contributed by atoms with Crippen LogP contribution in [-0.4, -0.2) is 37.6 Å². The molecule has 4 aromatic rings. The Bertz CT molecular complexity index is 1450. The van der Waals surface area contributed by atoms with Crippen LogP contribution in [0.4, 0.5) is 5.69 Å². The Morgan fingerprint density at radius 1 is 0.971 bits per heavy atom. The van der Waals surface area contributed by atoms with E-state index in [-0.39, 0.29) is 18.3 Å². The third kappa shape index (κ3) is 4.17. The molecule has 0 unspecified atom stereocenters. The van der Waals surface area contributed by atoms with E-state index in [1.807, 2.05) is 19.1 Å². The van der Waals surface area contributed by atoms with Gasteiger partial charge in [0, 0.05) is 17.7 Å². The zero-order valence-corrected chi connectivity index (χ0v) is 19.2. The van der Waals surface area contributed by atoms with Crippen LogP contribution in [0, 0.1) is 0 Å². The molecule has 0 radical (unpaired) electrons. The van der Waals surface area contributed by atoms with Crippen molar-refractivity contribution in [2.24, 2.45) is 0 Å². The van der Waals surface area contributed by atoms with Crippen molar-refractivity contribution in [1.82, 2.24) is 10.1 Å². The molecule has 0 saturated carbocycles. The Morgan fingerprint density at radius 2 is 1.71 bits per heavy atom. The molecule has 0 aliphatic carbocycles. The minimum Gasteiger partial charge on any atom is -0.482 e. The number of aromatic nitrogens is 2. The molecule has 3 aromatic carbocycles. The summed E-state index contributed by atoms with van der Waals surface area (Å²) in [5, 5.41) is 4.08. The van der Waals surface area contributed by atoms with Gasteiger partial charge in [0.1, 0.15) is 5.75 Å². The lowest BCUT2D eigenvalue weighted by Gasteiger charge is -2.28. The van der Waals surface area contributed by atoms with Crippen molar-refractivity contribution >= 4 is 21.4 Å². The second-order valence-corrected chi connectivity index (χ2v) is 9.79. The Balaban J connectivity index is 1.36. The molecule has 0 saturated heterocycles. The molecule has 0 spiro atoms. The molecule has 34 heavy (non-hydrogen) atoms. The number of fused-ring (bicyclic) bond motifs is 1. The predicted molar refractivity (Wildman–Crippen MR) is 126 cm³/mol. The van der Waals surface area contributed by atoms with Crippen molar-refractivity contribution in [3.63, 3.8) is 0 Å². The van der Waals surface area contributed by atoms with Crippen LogP contribution in [0.1, 0.15) is 12.5 Å². The maximum Gasteiger partial charge on any atom is 0.265 e. The van der Waals surface area contributed by atoms with Crippen LogP contribution >= 0.6 is 0 Å². The van der Waals surface area contributed by atoms with E-state index in [9.17, 15) is 13.2 Å². The fourth-order valence-electron chi connectivity index (χ4n) is 3.82. The molecule has 5 rings (SSSR count). The third-order valence-electron chi connectivity index (χ3n) is 5.56. The molecule has 0 N–H and O–H groups in total. The van der Waals surface area contributed by atoms with Crippen LogP contribution < -0.4 is 9.64 Å². The third-order valence-corrected chi connectivity index (χ3v) is 7.27. The van der Waals surface area contributed by atoms with Crippen molar-refractivity contribution in [1.29, 1.82) is 0 Å². The lowest BCUT2D eigenvalue weighted by molar-refractivity contribution is -0.121. The molecule has 0 bridgehead atoms. The predicted octanol–water partition coefficient (Wildman–Crippen LogP) is 4.12. The van der Waals surface area contributed by atoms with Gasteiger partial charge in [-0.25, -0.2) is 8.42 Å². The van der Waals surface area contributed by atoms with Crippen LogP contribution in [0.15, 0.2) is 82.2 Å². The number of amides is 1. The van der Waals surface area contributed by atoms with Crippen LogP contribution in [0.2, 0.25) is 0 Å². The minimum atomic E-state index is -3.43. The Kier molecular flexibility index (Phi) is 5.62. The molecule has 1 aliphatic rings. The van der Waals surface area contributed by atoms with Crippen LogP contribution in [0.5, 0.6) is 5.75 Å². The van der Waals surface area contributed by atoms with Gasteiger partial charge in [0.05, 0.1) is 16.3 Å². The first-order valence-corrected chi connectivity index (χ1v) is 12.4. The van der Waals surface area contributed by atoms with Gasteiger partial charge < -0.3 is 14.2 Å². The van der Waals surface area contributed by atoms with E-state index >= 15 is 0 Å². The van der Waals surface area contributed by atoms with Gasteiger partial charge in [0.25, 0.3) is 11.8 Å². The first-order valence-electron chi connectivity index (χ1n) is 10.7. The summed E-state index contributed by atoms with van der Waals surface area (Å²) in [6, 6.07) is 20.8.